The minimum absolute atomic E-state index is 0.118. The largest absolute Gasteiger partial charge is 0.451 e. The van der Waals surface area contributed by atoms with Crippen LogP contribution in [0.4, 0.5) is 0 Å². The summed E-state index contributed by atoms with van der Waals surface area (Å²) in [5.41, 5.74) is 2.97. The number of ether oxygens (including phenoxy) is 1. The number of hydrogen-bond donors (Lipinski definition) is 0. The highest BCUT2D eigenvalue weighted by Gasteiger charge is 2.77. The minimum atomic E-state index is -0.304. The molecule has 3 heteroatoms. The molecule has 1 heterocycles. The molecule has 1 spiro atoms. The molecule has 0 bridgehead atoms. The lowest BCUT2D eigenvalue weighted by molar-refractivity contribution is -0.165. The fraction of sp³-hybridized carbons (Fsp3) is 0.727. The quantitative estimate of drug-likeness (QED) is 0.496. The third-order valence-corrected chi connectivity index (χ3v) is 8.93. The number of hydrogen-bond acceptors (Lipinski definition) is 3. The third kappa shape index (κ3) is 1.64. The van der Waals surface area contributed by atoms with Crippen LogP contribution in [0.25, 0.3) is 0 Å². The van der Waals surface area contributed by atoms with Crippen molar-refractivity contribution in [3.05, 3.63) is 23.3 Å². The van der Waals surface area contributed by atoms with E-state index in [-0.39, 0.29) is 17.0 Å². The molecule has 0 aromatic rings. The molecule has 3 nitrogen and oxygen atoms in total. The highest BCUT2D eigenvalue weighted by Crippen LogP contribution is 2.77. The summed E-state index contributed by atoms with van der Waals surface area (Å²) in [6.07, 6.45) is 12.3. The van der Waals surface area contributed by atoms with Gasteiger partial charge in [-0.3, -0.25) is 4.79 Å². The van der Waals surface area contributed by atoms with Gasteiger partial charge in [0.15, 0.2) is 0 Å². The molecule has 0 amide bonds. The summed E-state index contributed by atoms with van der Waals surface area (Å²) in [6.45, 7) is 2.41. The average molecular weight is 338 g/mol. The van der Waals surface area contributed by atoms with E-state index in [0.29, 0.717) is 23.5 Å². The maximum atomic E-state index is 11.9. The molecule has 0 N–H and O–H groups in total. The second-order valence-electron chi connectivity index (χ2n) is 9.69. The van der Waals surface area contributed by atoms with Crippen molar-refractivity contribution in [2.45, 2.75) is 63.9 Å². The average Bonchev–Trinajstić information content (AvgIpc) is 3.23. The molecule has 3 fully saturated rings. The van der Waals surface area contributed by atoms with Gasteiger partial charge < -0.3 is 4.74 Å². The van der Waals surface area contributed by atoms with Crippen LogP contribution in [0.2, 0.25) is 0 Å². The Morgan fingerprint density at radius 1 is 1.12 bits per heavy atom. The van der Waals surface area contributed by atoms with Crippen LogP contribution in [0.15, 0.2) is 23.3 Å². The van der Waals surface area contributed by atoms with Crippen LogP contribution in [0.1, 0.15) is 58.3 Å². The molecule has 0 aromatic heterocycles. The fourth-order valence-electron chi connectivity index (χ4n) is 8.01. The highest BCUT2D eigenvalue weighted by molar-refractivity contribution is 5.86. The first-order valence-electron chi connectivity index (χ1n) is 10.2. The lowest BCUT2D eigenvalue weighted by Gasteiger charge is -2.55. The molecule has 0 radical (unpaired) electrons. The monoisotopic (exact) mass is 338 g/mol. The number of carbonyl (C=O) groups is 2. The number of carbonyl (C=O) groups excluding carboxylic acids is 2. The first kappa shape index (κ1) is 14.8. The van der Waals surface area contributed by atoms with Crippen molar-refractivity contribution < 1.29 is 14.3 Å². The van der Waals surface area contributed by atoms with E-state index < -0.39 is 0 Å². The third-order valence-electron chi connectivity index (χ3n) is 8.93. The number of esters is 1. The van der Waals surface area contributed by atoms with Gasteiger partial charge in [0, 0.05) is 30.3 Å². The zero-order valence-corrected chi connectivity index (χ0v) is 14.9. The van der Waals surface area contributed by atoms with Gasteiger partial charge in [-0.05, 0) is 68.3 Å². The molecule has 7 atom stereocenters. The van der Waals surface area contributed by atoms with E-state index in [1.54, 1.807) is 11.6 Å². The number of ketones is 1. The summed E-state index contributed by atoms with van der Waals surface area (Å²) in [6, 6.07) is 0. The van der Waals surface area contributed by atoms with Crippen molar-refractivity contribution in [3.8, 4) is 0 Å². The first-order chi connectivity index (χ1) is 12.0. The second kappa shape index (κ2) is 4.47. The van der Waals surface area contributed by atoms with Gasteiger partial charge in [0.05, 0.1) is 0 Å². The molecule has 5 aliphatic carbocycles. The zero-order chi connectivity index (χ0) is 17.0. The van der Waals surface area contributed by atoms with E-state index in [1.165, 1.54) is 24.8 Å². The van der Waals surface area contributed by atoms with E-state index >= 15 is 0 Å². The number of rotatable bonds is 0. The molecule has 6 aliphatic rings. The molecule has 5 unspecified atom stereocenters. The molecule has 132 valence electrons. The Bertz CT molecular complexity index is 761. The lowest BCUT2D eigenvalue weighted by Crippen LogP contribution is -2.54. The van der Waals surface area contributed by atoms with Gasteiger partial charge in [-0.1, -0.05) is 18.1 Å². The van der Waals surface area contributed by atoms with Crippen molar-refractivity contribution in [3.63, 3.8) is 0 Å². The zero-order valence-electron chi connectivity index (χ0n) is 14.9. The Labute approximate surface area is 148 Å². The van der Waals surface area contributed by atoms with Gasteiger partial charge in [-0.15, -0.1) is 0 Å². The fourth-order valence-corrected chi connectivity index (χ4v) is 8.01. The Hall–Kier alpha value is -1.38. The van der Waals surface area contributed by atoms with Crippen LogP contribution < -0.4 is 0 Å². The first-order valence-corrected chi connectivity index (χ1v) is 10.2. The predicted molar refractivity (Wildman–Crippen MR) is 92.5 cm³/mol. The summed E-state index contributed by atoms with van der Waals surface area (Å²) in [5.74, 6) is 3.77. The summed E-state index contributed by atoms with van der Waals surface area (Å²) in [7, 11) is 0. The molecule has 1 aliphatic heterocycles. The van der Waals surface area contributed by atoms with Crippen LogP contribution in [0, 0.1) is 35.0 Å². The number of Topliss-reactive ketones (excluding diaryl/α,β-unsaturated/α-hetero) is 1. The maximum absolute atomic E-state index is 11.9. The van der Waals surface area contributed by atoms with E-state index in [1.807, 2.05) is 0 Å². The lowest BCUT2D eigenvalue weighted by atomic mass is 9.50. The van der Waals surface area contributed by atoms with E-state index in [4.69, 9.17) is 4.74 Å². The van der Waals surface area contributed by atoms with Gasteiger partial charge in [-0.25, -0.2) is 4.79 Å². The van der Waals surface area contributed by atoms with E-state index in [9.17, 15) is 9.59 Å². The van der Waals surface area contributed by atoms with Gasteiger partial charge in [0.2, 0.25) is 0 Å². The van der Waals surface area contributed by atoms with Gasteiger partial charge >= 0.3 is 5.97 Å². The summed E-state index contributed by atoms with van der Waals surface area (Å²) in [4.78, 5) is 23.8. The summed E-state index contributed by atoms with van der Waals surface area (Å²) >= 11 is 0. The summed E-state index contributed by atoms with van der Waals surface area (Å²) < 4.78 is 6.03. The van der Waals surface area contributed by atoms with Crippen molar-refractivity contribution in [2.75, 3.05) is 0 Å². The SMILES string of the molecule is C[C@]12CCC3C4=C(CCC3C1C1CC1[C@@]21C=CC(=O)O1)CC(=O)CC4. The van der Waals surface area contributed by atoms with E-state index in [2.05, 4.69) is 13.0 Å². The minimum Gasteiger partial charge on any atom is -0.451 e. The second-order valence-corrected chi connectivity index (χ2v) is 9.69. The topological polar surface area (TPSA) is 43.4 Å². The maximum Gasteiger partial charge on any atom is 0.331 e. The smallest absolute Gasteiger partial charge is 0.331 e. The molecular formula is C22H26O3. The normalized spacial score (nSPS) is 52.6. The molecule has 0 saturated heterocycles. The Morgan fingerprint density at radius 2 is 2.00 bits per heavy atom. The summed E-state index contributed by atoms with van der Waals surface area (Å²) in [5, 5.41) is 0. The number of fused-ring (bicyclic) bond motifs is 8. The molecule has 3 saturated carbocycles. The van der Waals surface area contributed by atoms with Crippen LogP contribution >= 0.6 is 0 Å². The van der Waals surface area contributed by atoms with Crippen molar-refractivity contribution in [1.82, 2.24) is 0 Å². The Balaban J connectivity index is 1.39. The molecule has 0 aromatic carbocycles. The van der Waals surface area contributed by atoms with Crippen LogP contribution in [-0.2, 0) is 14.3 Å². The molecule has 25 heavy (non-hydrogen) atoms. The van der Waals surface area contributed by atoms with Crippen LogP contribution in [-0.4, -0.2) is 17.4 Å². The van der Waals surface area contributed by atoms with Gasteiger partial charge in [-0.2, -0.15) is 0 Å². The van der Waals surface area contributed by atoms with Gasteiger partial charge in [0.1, 0.15) is 11.4 Å². The van der Waals surface area contributed by atoms with Crippen molar-refractivity contribution >= 4 is 11.8 Å². The van der Waals surface area contributed by atoms with Crippen LogP contribution in [0.3, 0.4) is 0 Å². The van der Waals surface area contributed by atoms with Gasteiger partial charge in [0.25, 0.3) is 0 Å². The van der Waals surface area contributed by atoms with Crippen molar-refractivity contribution in [1.29, 1.82) is 0 Å². The highest BCUT2D eigenvalue weighted by atomic mass is 16.6. The van der Waals surface area contributed by atoms with Crippen molar-refractivity contribution in [2.24, 2.45) is 35.0 Å². The standard InChI is InChI=1S/C22H26O3/c1-21-8-6-15-14-5-3-13(23)10-12(14)2-4-16(15)20(21)17-11-18(17)22(21)9-7-19(24)25-22/h7,9,15-18,20H,2-6,8,10-11H2,1H3/t15?,16?,17?,18?,20?,21-,22-/m0/s1. The molecule has 6 rings (SSSR count). The predicted octanol–water partition coefficient (Wildman–Crippen LogP) is 3.98. The van der Waals surface area contributed by atoms with Crippen LogP contribution in [0.5, 0.6) is 0 Å². The van der Waals surface area contributed by atoms with E-state index in [0.717, 1.165) is 43.9 Å². The number of allylic oxidation sites excluding steroid dienone is 2. The Kier molecular flexibility index (Phi) is 2.64. The Morgan fingerprint density at radius 3 is 2.80 bits per heavy atom. The molecular weight excluding hydrogens is 312 g/mol.